The van der Waals surface area contributed by atoms with Crippen LogP contribution in [0.15, 0.2) is 29.3 Å². The van der Waals surface area contributed by atoms with E-state index in [1.165, 1.54) is 37.7 Å². The number of benzene rings is 1. The van der Waals surface area contributed by atoms with Crippen molar-refractivity contribution in [1.82, 2.24) is 0 Å². The van der Waals surface area contributed by atoms with Crippen LogP contribution in [0, 0.1) is 5.92 Å². The molecular formula is C15H19N3S. The highest BCUT2D eigenvalue weighted by Crippen LogP contribution is 2.31. The third-order valence-corrected chi connectivity index (χ3v) is 4.34. The van der Waals surface area contributed by atoms with Crippen molar-refractivity contribution >= 4 is 28.6 Å². The highest BCUT2D eigenvalue weighted by Gasteiger charge is 2.26. The molecule has 1 aliphatic heterocycles. The van der Waals surface area contributed by atoms with Gasteiger partial charge in [0.05, 0.1) is 0 Å². The van der Waals surface area contributed by atoms with Crippen LogP contribution in [0.5, 0.6) is 0 Å². The molecule has 0 unspecified atom stereocenters. The minimum atomic E-state index is -0.417. The highest BCUT2D eigenvalue weighted by molar-refractivity contribution is 7.80. The number of aliphatic imine (C=N–C) groups is 1. The van der Waals surface area contributed by atoms with Crippen LogP contribution in [0.2, 0.25) is 0 Å². The van der Waals surface area contributed by atoms with Gasteiger partial charge in [-0.15, -0.1) is 0 Å². The van der Waals surface area contributed by atoms with Crippen LogP contribution in [-0.2, 0) is 0 Å². The molecule has 0 saturated heterocycles. The first kappa shape index (κ1) is 12.8. The van der Waals surface area contributed by atoms with Gasteiger partial charge in [0.1, 0.15) is 11.2 Å². The van der Waals surface area contributed by atoms with Gasteiger partial charge in [0.25, 0.3) is 0 Å². The highest BCUT2D eigenvalue weighted by atomic mass is 32.1. The van der Waals surface area contributed by atoms with E-state index in [-0.39, 0.29) is 0 Å². The zero-order valence-electron chi connectivity index (χ0n) is 10.9. The average molecular weight is 273 g/mol. The fourth-order valence-corrected chi connectivity index (χ4v) is 3.16. The SMILES string of the molecule is N[C@@H]1N=C(C2CCCCC2)c2ccccc2NC1=S. The van der Waals surface area contributed by atoms with Crippen molar-refractivity contribution < 1.29 is 0 Å². The lowest BCUT2D eigenvalue weighted by Gasteiger charge is -2.24. The number of fused-ring (bicyclic) bond motifs is 1. The second kappa shape index (κ2) is 5.39. The molecule has 0 aromatic heterocycles. The Kier molecular flexibility index (Phi) is 3.62. The Morgan fingerprint density at radius 2 is 1.89 bits per heavy atom. The molecule has 4 heteroatoms. The maximum absolute atomic E-state index is 6.06. The molecule has 100 valence electrons. The summed E-state index contributed by atoms with van der Waals surface area (Å²) in [5.74, 6) is 0.531. The molecule has 1 fully saturated rings. The zero-order valence-corrected chi connectivity index (χ0v) is 11.7. The Labute approximate surface area is 119 Å². The number of benzodiazepines with no additional fused rings is 1. The summed E-state index contributed by atoms with van der Waals surface area (Å²) in [6.45, 7) is 0. The third-order valence-electron chi connectivity index (χ3n) is 4.00. The lowest BCUT2D eigenvalue weighted by molar-refractivity contribution is 0.439. The van der Waals surface area contributed by atoms with Crippen molar-refractivity contribution in [2.45, 2.75) is 38.3 Å². The van der Waals surface area contributed by atoms with Crippen molar-refractivity contribution in [3.05, 3.63) is 29.8 Å². The molecule has 3 nitrogen and oxygen atoms in total. The molecule has 0 radical (unpaired) electrons. The molecule has 0 amide bonds. The van der Waals surface area contributed by atoms with E-state index in [1.807, 2.05) is 6.07 Å². The van der Waals surface area contributed by atoms with Crippen molar-refractivity contribution in [2.75, 3.05) is 5.32 Å². The fraction of sp³-hybridized carbons (Fsp3) is 0.467. The van der Waals surface area contributed by atoms with E-state index in [2.05, 4.69) is 23.5 Å². The number of nitrogens with two attached hydrogens (primary N) is 1. The predicted molar refractivity (Wildman–Crippen MR) is 83.8 cm³/mol. The number of thiocarbonyl (C=S) groups is 1. The molecule has 1 heterocycles. The van der Waals surface area contributed by atoms with Gasteiger partial charge < -0.3 is 11.1 Å². The Hall–Kier alpha value is -1.26. The topological polar surface area (TPSA) is 50.4 Å². The first-order valence-electron chi connectivity index (χ1n) is 6.99. The maximum atomic E-state index is 6.06. The van der Waals surface area contributed by atoms with Gasteiger partial charge in [-0.05, 0) is 18.9 Å². The van der Waals surface area contributed by atoms with E-state index in [0.29, 0.717) is 10.9 Å². The van der Waals surface area contributed by atoms with Crippen LogP contribution in [0.3, 0.4) is 0 Å². The van der Waals surface area contributed by atoms with E-state index in [4.69, 9.17) is 22.9 Å². The molecule has 2 aliphatic rings. The van der Waals surface area contributed by atoms with Crippen molar-refractivity contribution in [2.24, 2.45) is 16.6 Å². The molecule has 0 spiro atoms. The first-order valence-corrected chi connectivity index (χ1v) is 7.40. The Bertz CT molecular complexity index is 518. The van der Waals surface area contributed by atoms with Crippen LogP contribution in [-0.4, -0.2) is 16.9 Å². The standard InChI is InChI=1S/C15H19N3S/c16-14-15(19)17-12-9-5-4-8-11(12)13(18-14)10-6-2-1-3-7-10/h4-5,8-10,14H,1-3,6-7,16H2,(H,17,19)/t14-/m1/s1. The molecule has 1 aromatic carbocycles. The number of anilines is 1. The Morgan fingerprint density at radius 1 is 1.16 bits per heavy atom. The van der Waals surface area contributed by atoms with Gasteiger partial charge in [0, 0.05) is 22.9 Å². The quantitative estimate of drug-likeness (QED) is 0.773. The van der Waals surface area contributed by atoms with Gasteiger partial charge >= 0.3 is 0 Å². The van der Waals surface area contributed by atoms with Crippen LogP contribution in [0.4, 0.5) is 5.69 Å². The van der Waals surface area contributed by atoms with Crippen LogP contribution >= 0.6 is 12.2 Å². The largest absolute Gasteiger partial charge is 0.347 e. The smallest absolute Gasteiger partial charge is 0.148 e. The molecule has 1 aromatic rings. The molecule has 1 saturated carbocycles. The van der Waals surface area contributed by atoms with Crippen molar-refractivity contribution in [3.8, 4) is 0 Å². The van der Waals surface area contributed by atoms with E-state index < -0.39 is 6.17 Å². The molecule has 0 bridgehead atoms. The van der Waals surface area contributed by atoms with E-state index in [0.717, 1.165) is 11.4 Å². The molecular weight excluding hydrogens is 254 g/mol. The van der Waals surface area contributed by atoms with Gasteiger partial charge in [-0.1, -0.05) is 49.7 Å². The van der Waals surface area contributed by atoms with Crippen molar-refractivity contribution in [1.29, 1.82) is 0 Å². The van der Waals surface area contributed by atoms with Crippen LogP contribution in [0.25, 0.3) is 0 Å². The van der Waals surface area contributed by atoms with Gasteiger partial charge in [0.15, 0.2) is 0 Å². The molecule has 1 aliphatic carbocycles. The van der Waals surface area contributed by atoms with Gasteiger partial charge in [0.2, 0.25) is 0 Å². The summed E-state index contributed by atoms with van der Waals surface area (Å²) in [6.07, 6.45) is 5.94. The van der Waals surface area contributed by atoms with Crippen LogP contribution in [0.1, 0.15) is 37.7 Å². The number of rotatable bonds is 1. The van der Waals surface area contributed by atoms with Crippen molar-refractivity contribution in [3.63, 3.8) is 0 Å². The number of para-hydroxylation sites is 1. The number of hydrogen-bond acceptors (Lipinski definition) is 3. The van der Waals surface area contributed by atoms with E-state index in [1.54, 1.807) is 0 Å². The third kappa shape index (κ3) is 2.55. The number of nitrogens with one attached hydrogen (secondary N) is 1. The minimum Gasteiger partial charge on any atom is -0.347 e. The van der Waals surface area contributed by atoms with Gasteiger partial charge in [-0.25, -0.2) is 0 Å². The number of nitrogens with zero attached hydrogens (tertiary/aromatic N) is 1. The monoisotopic (exact) mass is 273 g/mol. The lowest BCUT2D eigenvalue weighted by Crippen LogP contribution is -2.32. The summed E-state index contributed by atoms with van der Waals surface area (Å²) in [5, 5.41) is 3.23. The zero-order chi connectivity index (χ0) is 13.2. The second-order valence-corrected chi connectivity index (χ2v) is 5.77. The van der Waals surface area contributed by atoms with E-state index in [9.17, 15) is 0 Å². The summed E-state index contributed by atoms with van der Waals surface area (Å²) in [7, 11) is 0. The summed E-state index contributed by atoms with van der Waals surface area (Å²) in [4.78, 5) is 5.32. The molecule has 19 heavy (non-hydrogen) atoms. The summed E-state index contributed by atoms with van der Waals surface area (Å²) in [5.41, 5.74) is 9.43. The number of hydrogen-bond donors (Lipinski definition) is 2. The normalized spacial score (nSPS) is 24.2. The Morgan fingerprint density at radius 3 is 2.68 bits per heavy atom. The first-order chi connectivity index (χ1) is 9.25. The fourth-order valence-electron chi connectivity index (χ4n) is 3.00. The molecule has 3 N–H and O–H groups in total. The predicted octanol–water partition coefficient (Wildman–Crippen LogP) is 3.09. The molecule has 1 atom stereocenters. The summed E-state index contributed by atoms with van der Waals surface area (Å²) >= 11 is 5.30. The maximum Gasteiger partial charge on any atom is 0.148 e. The lowest BCUT2D eigenvalue weighted by atomic mass is 9.83. The second-order valence-electron chi connectivity index (χ2n) is 5.33. The van der Waals surface area contributed by atoms with Crippen LogP contribution < -0.4 is 11.1 Å². The minimum absolute atomic E-state index is 0.417. The van der Waals surface area contributed by atoms with Gasteiger partial charge in [-0.3, -0.25) is 4.99 Å². The average Bonchev–Trinajstić information content (AvgIpc) is 2.58. The van der Waals surface area contributed by atoms with E-state index >= 15 is 0 Å². The summed E-state index contributed by atoms with van der Waals surface area (Å²) < 4.78 is 0. The van der Waals surface area contributed by atoms with Gasteiger partial charge in [-0.2, -0.15) is 0 Å². The summed E-state index contributed by atoms with van der Waals surface area (Å²) in [6, 6.07) is 8.25. The molecule has 3 rings (SSSR count). The Balaban J connectivity index is 2.03.